The zero-order valence-electron chi connectivity index (χ0n) is 8.18. The first-order valence-corrected chi connectivity index (χ1v) is 4.59. The predicted molar refractivity (Wildman–Crippen MR) is 48.0 cm³/mol. The van der Waals surface area contributed by atoms with Crippen LogP contribution in [0.2, 0.25) is 0 Å². The first-order valence-electron chi connectivity index (χ1n) is 4.59. The molecule has 0 aromatic rings. The summed E-state index contributed by atoms with van der Waals surface area (Å²) in [6, 6.07) is 0. The van der Waals surface area contributed by atoms with E-state index in [0.717, 1.165) is 25.7 Å². The molecule has 2 nitrogen and oxygen atoms in total. The minimum absolute atomic E-state index is 0.269. The zero-order valence-corrected chi connectivity index (χ0v) is 8.18. The Morgan fingerprint density at radius 2 is 1.92 bits per heavy atom. The van der Waals surface area contributed by atoms with Gasteiger partial charge in [-0.1, -0.05) is 20.8 Å². The highest BCUT2D eigenvalue weighted by Gasteiger charge is 2.49. The number of hydrogen-bond donors (Lipinski definition) is 1. The molecular formula is C10H18O2. The molecule has 0 unspecified atom stereocenters. The molecule has 0 heterocycles. The van der Waals surface area contributed by atoms with Gasteiger partial charge in [-0.25, -0.2) is 0 Å². The molecule has 1 aliphatic rings. The lowest BCUT2D eigenvalue weighted by Crippen LogP contribution is -2.17. The van der Waals surface area contributed by atoms with Gasteiger partial charge in [-0.05, 0) is 31.1 Å². The molecule has 1 fully saturated rings. The van der Waals surface area contributed by atoms with Crippen molar-refractivity contribution >= 4 is 5.97 Å². The number of carbonyl (C=O) groups is 1. The van der Waals surface area contributed by atoms with Crippen molar-refractivity contribution in [3.05, 3.63) is 0 Å². The van der Waals surface area contributed by atoms with Gasteiger partial charge < -0.3 is 5.11 Å². The Balaban J connectivity index is 2.37. The van der Waals surface area contributed by atoms with Gasteiger partial charge in [0, 0.05) is 0 Å². The van der Waals surface area contributed by atoms with Gasteiger partial charge in [0.1, 0.15) is 0 Å². The maximum absolute atomic E-state index is 10.8. The Hall–Kier alpha value is -0.530. The highest BCUT2D eigenvalue weighted by atomic mass is 16.4. The lowest BCUT2D eigenvalue weighted by molar-refractivity contribution is -0.143. The van der Waals surface area contributed by atoms with Crippen molar-refractivity contribution in [2.45, 2.75) is 46.5 Å². The first-order chi connectivity index (χ1) is 5.36. The molecule has 1 aliphatic carbocycles. The molecule has 0 aromatic carbocycles. The van der Waals surface area contributed by atoms with E-state index in [4.69, 9.17) is 5.11 Å². The van der Waals surface area contributed by atoms with Crippen LogP contribution in [-0.4, -0.2) is 11.1 Å². The van der Waals surface area contributed by atoms with Gasteiger partial charge in [-0.3, -0.25) is 4.79 Å². The van der Waals surface area contributed by atoms with E-state index in [2.05, 4.69) is 20.8 Å². The molecule has 1 saturated carbocycles. The highest BCUT2D eigenvalue weighted by Crippen LogP contribution is 2.51. The van der Waals surface area contributed by atoms with Gasteiger partial charge in [0.25, 0.3) is 0 Å². The summed E-state index contributed by atoms with van der Waals surface area (Å²) in [5.74, 6) is -0.591. The summed E-state index contributed by atoms with van der Waals surface area (Å²) in [4.78, 5) is 10.8. The summed E-state index contributed by atoms with van der Waals surface area (Å²) in [6.45, 7) is 6.47. The Morgan fingerprint density at radius 1 is 1.42 bits per heavy atom. The van der Waals surface area contributed by atoms with Crippen molar-refractivity contribution in [1.82, 2.24) is 0 Å². The Morgan fingerprint density at radius 3 is 2.17 bits per heavy atom. The van der Waals surface area contributed by atoms with E-state index >= 15 is 0 Å². The lowest BCUT2D eigenvalue weighted by atomic mass is 9.85. The number of rotatable bonds is 3. The summed E-state index contributed by atoms with van der Waals surface area (Å²) < 4.78 is 0. The molecule has 0 spiro atoms. The number of carboxylic acid groups (broad SMARTS) is 1. The molecule has 0 aliphatic heterocycles. The Labute approximate surface area is 74.0 Å². The summed E-state index contributed by atoms with van der Waals surface area (Å²) in [5.41, 5.74) is -0.0572. The molecule has 0 amide bonds. The van der Waals surface area contributed by atoms with Gasteiger partial charge in [-0.2, -0.15) is 0 Å². The van der Waals surface area contributed by atoms with E-state index in [-0.39, 0.29) is 10.8 Å². The normalized spacial score (nSPS) is 20.6. The minimum Gasteiger partial charge on any atom is -0.481 e. The average Bonchev–Trinajstić information content (AvgIpc) is 2.61. The molecule has 1 rings (SSSR count). The monoisotopic (exact) mass is 170 g/mol. The van der Waals surface area contributed by atoms with Crippen LogP contribution in [0.1, 0.15) is 46.5 Å². The van der Waals surface area contributed by atoms with E-state index in [0.29, 0.717) is 0 Å². The van der Waals surface area contributed by atoms with Gasteiger partial charge >= 0.3 is 5.97 Å². The molecule has 0 bridgehead atoms. The fourth-order valence-electron chi connectivity index (χ4n) is 1.34. The van der Waals surface area contributed by atoms with Crippen LogP contribution >= 0.6 is 0 Å². The largest absolute Gasteiger partial charge is 0.481 e. The lowest BCUT2D eigenvalue weighted by Gasteiger charge is -2.20. The standard InChI is InChI=1S/C10H18O2/c1-9(2,3)4-5-10(6-7-10)8(11)12/h4-7H2,1-3H3,(H,11,12). The minimum atomic E-state index is -0.591. The number of aliphatic carboxylic acids is 1. The van der Waals surface area contributed by atoms with Gasteiger partial charge in [0.05, 0.1) is 5.41 Å². The second-order valence-electron chi connectivity index (χ2n) is 5.15. The van der Waals surface area contributed by atoms with E-state index in [9.17, 15) is 4.79 Å². The Bertz CT molecular complexity index is 185. The SMILES string of the molecule is CC(C)(C)CCC1(C(=O)O)CC1. The second-order valence-corrected chi connectivity index (χ2v) is 5.15. The van der Waals surface area contributed by atoms with Crippen molar-refractivity contribution < 1.29 is 9.90 Å². The number of carboxylic acids is 1. The molecule has 2 heteroatoms. The maximum Gasteiger partial charge on any atom is 0.309 e. The highest BCUT2D eigenvalue weighted by molar-refractivity contribution is 5.77. The fourth-order valence-corrected chi connectivity index (χ4v) is 1.34. The number of hydrogen-bond acceptors (Lipinski definition) is 1. The summed E-state index contributed by atoms with van der Waals surface area (Å²) in [7, 11) is 0. The van der Waals surface area contributed by atoms with Crippen LogP contribution in [0, 0.1) is 10.8 Å². The molecule has 0 saturated heterocycles. The van der Waals surface area contributed by atoms with Crippen LogP contribution in [0.25, 0.3) is 0 Å². The van der Waals surface area contributed by atoms with Crippen LogP contribution in [0.4, 0.5) is 0 Å². The molecule has 0 radical (unpaired) electrons. The third-order valence-corrected chi connectivity index (χ3v) is 2.66. The second kappa shape index (κ2) is 2.75. The van der Waals surface area contributed by atoms with Gasteiger partial charge in [0.2, 0.25) is 0 Å². The van der Waals surface area contributed by atoms with Crippen LogP contribution in [0.15, 0.2) is 0 Å². The van der Waals surface area contributed by atoms with Crippen LogP contribution in [-0.2, 0) is 4.79 Å². The topological polar surface area (TPSA) is 37.3 Å². The van der Waals surface area contributed by atoms with E-state index in [1.807, 2.05) is 0 Å². The van der Waals surface area contributed by atoms with E-state index in [1.54, 1.807) is 0 Å². The average molecular weight is 170 g/mol. The fraction of sp³-hybridized carbons (Fsp3) is 0.900. The van der Waals surface area contributed by atoms with Crippen LogP contribution in [0.3, 0.4) is 0 Å². The van der Waals surface area contributed by atoms with Crippen molar-refractivity contribution in [1.29, 1.82) is 0 Å². The first kappa shape index (κ1) is 9.56. The summed E-state index contributed by atoms with van der Waals surface area (Å²) in [5, 5.41) is 8.90. The third kappa shape index (κ3) is 2.23. The third-order valence-electron chi connectivity index (χ3n) is 2.66. The van der Waals surface area contributed by atoms with Crippen molar-refractivity contribution in [3.8, 4) is 0 Å². The van der Waals surface area contributed by atoms with Gasteiger partial charge in [-0.15, -0.1) is 0 Å². The van der Waals surface area contributed by atoms with Crippen LogP contribution in [0.5, 0.6) is 0 Å². The summed E-state index contributed by atoms with van der Waals surface area (Å²) >= 11 is 0. The summed E-state index contributed by atoms with van der Waals surface area (Å²) in [6.07, 6.45) is 3.64. The Kier molecular flexibility index (Phi) is 2.19. The molecular weight excluding hydrogens is 152 g/mol. The predicted octanol–water partition coefficient (Wildman–Crippen LogP) is 2.68. The maximum atomic E-state index is 10.8. The zero-order chi connectivity index (χ0) is 9.41. The molecule has 1 N–H and O–H groups in total. The van der Waals surface area contributed by atoms with Gasteiger partial charge in [0.15, 0.2) is 0 Å². The molecule has 70 valence electrons. The van der Waals surface area contributed by atoms with Crippen molar-refractivity contribution in [3.63, 3.8) is 0 Å². The van der Waals surface area contributed by atoms with E-state index < -0.39 is 5.97 Å². The smallest absolute Gasteiger partial charge is 0.309 e. The van der Waals surface area contributed by atoms with E-state index in [1.165, 1.54) is 0 Å². The quantitative estimate of drug-likeness (QED) is 0.707. The van der Waals surface area contributed by atoms with Crippen LogP contribution < -0.4 is 0 Å². The molecule has 0 aromatic heterocycles. The molecule has 0 atom stereocenters. The van der Waals surface area contributed by atoms with Crippen molar-refractivity contribution in [2.24, 2.45) is 10.8 Å². The van der Waals surface area contributed by atoms with Crippen molar-refractivity contribution in [2.75, 3.05) is 0 Å². The molecule has 12 heavy (non-hydrogen) atoms.